The molecule has 1 rings (SSSR count). The summed E-state index contributed by atoms with van der Waals surface area (Å²) in [5.41, 5.74) is -0.575. The molecule has 0 aromatic rings. The first-order valence-electron chi connectivity index (χ1n) is 8.02. The van der Waals surface area contributed by atoms with E-state index in [1.165, 1.54) is 0 Å². The van der Waals surface area contributed by atoms with Crippen LogP contribution in [0.3, 0.4) is 0 Å². The predicted octanol–water partition coefficient (Wildman–Crippen LogP) is 2.20. The highest BCUT2D eigenvalue weighted by atomic mass is 16.6. The third-order valence-corrected chi connectivity index (χ3v) is 3.41. The van der Waals surface area contributed by atoms with E-state index in [-0.39, 0.29) is 12.1 Å². The van der Waals surface area contributed by atoms with E-state index < -0.39 is 17.7 Å². The molecule has 0 aromatic heterocycles. The number of alkyl carbamates (subject to hydrolysis) is 1. The van der Waals surface area contributed by atoms with Gasteiger partial charge in [0.05, 0.1) is 0 Å². The van der Waals surface area contributed by atoms with Crippen LogP contribution in [0.1, 0.15) is 59.3 Å². The fourth-order valence-corrected chi connectivity index (χ4v) is 2.36. The maximum Gasteiger partial charge on any atom is 0.408 e. The predicted molar refractivity (Wildman–Crippen MR) is 84.1 cm³/mol. The standard InChI is InChI=1S/C15H28BNO4/c1-15(2,3)21-14(19)17-12(9-6-10-16)13(18)20-11-7-4-5-8-11/h11-12H,4-10,16H2,1-3H3,(H,17,19)/t12-/m0/s1. The van der Waals surface area contributed by atoms with Crippen LogP contribution in [0.2, 0.25) is 6.32 Å². The van der Waals surface area contributed by atoms with E-state index in [1.807, 2.05) is 7.85 Å². The monoisotopic (exact) mass is 297 g/mol. The summed E-state index contributed by atoms with van der Waals surface area (Å²) >= 11 is 0. The van der Waals surface area contributed by atoms with Crippen LogP contribution in [0, 0.1) is 0 Å². The summed E-state index contributed by atoms with van der Waals surface area (Å²) in [5.74, 6) is -0.332. The van der Waals surface area contributed by atoms with E-state index in [2.05, 4.69) is 5.32 Å². The summed E-state index contributed by atoms with van der Waals surface area (Å²) in [6.07, 6.45) is 5.94. The molecule has 21 heavy (non-hydrogen) atoms. The van der Waals surface area contributed by atoms with Crippen molar-refractivity contribution in [2.24, 2.45) is 0 Å². The Morgan fingerprint density at radius 2 is 1.90 bits per heavy atom. The Balaban J connectivity index is 2.52. The van der Waals surface area contributed by atoms with E-state index >= 15 is 0 Å². The molecule has 1 fully saturated rings. The third kappa shape index (κ3) is 7.39. The highest BCUT2D eigenvalue weighted by Crippen LogP contribution is 2.22. The summed E-state index contributed by atoms with van der Waals surface area (Å²) in [6.45, 7) is 5.39. The number of ether oxygens (including phenoxy) is 2. The lowest BCUT2D eigenvalue weighted by Crippen LogP contribution is -2.45. The molecular formula is C15H28BNO4. The molecule has 1 aliphatic rings. The molecule has 6 heteroatoms. The lowest BCUT2D eigenvalue weighted by molar-refractivity contribution is -0.151. The number of hydrogen-bond acceptors (Lipinski definition) is 4. The van der Waals surface area contributed by atoms with E-state index in [9.17, 15) is 9.59 Å². The number of rotatable bonds is 6. The smallest absolute Gasteiger partial charge is 0.408 e. The molecule has 1 amide bonds. The van der Waals surface area contributed by atoms with E-state index in [1.54, 1.807) is 20.8 Å². The number of amides is 1. The Hall–Kier alpha value is -1.20. The molecule has 0 spiro atoms. The zero-order valence-electron chi connectivity index (χ0n) is 13.7. The molecule has 0 aromatic carbocycles. The Morgan fingerprint density at radius 3 is 2.43 bits per heavy atom. The van der Waals surface area contributed by atoms with Gasteiger partial charge in [-0.25, -0.2) is 9.59 Å². The molecule has 0 aliphatic heterocycles. The van der Waals surface area contributed by atoms with Crippen LogP contribution in [0.5, 0.6) is 0 Å². The Morgan fingerprint density at radius 1 is 1.29 bits per heavy atom. The van der Waals surface area contributed by atoms with Crippen molar-refractivity contribution in [3.63, 3.8) is 0 Å². The van der Waals surface area contributed by atoms with Gasteiger partial charge in [-0.15, -0.1) is 0 Å². The van der Waals surface area contributed by atoms with Crippen LogP contribution >= 0.6 is 0 Å². The van der Waals surface area contributed by atoms with Crippen molar-refractivity contribution in [2.45, 2.75) is 83.4 Å². The summed E-state index contributed by atoms with van der Waals surface area (Å²) in [7, 11) is 2.05. The normalized spacial score (nSPS) is 17.3. The first-order chi connectivity index (χ1) is 9.81. The minimum absolute atomic E-state index is 0.0158. The minimum atomic E-state index is -0.611. The van der Waals surface area contributed by atoms with Crippen LogP contribution in [0.15, 0.2) is 0 Å². The molecule has 1 saturated carbocycles. The van der Waals surface area contributed by atoms with Gasteiger partial charge < -0.3 is 14.8 Å². The maximum atomic E-state index is 12.2. The molecule has 120 valence electrons. The zero-order valence-corrected chi connectivity index (χ0v) is 13.7. The van der Waals surface area contributed by atoms with Gasteiger partial charge in [0.1, 0.15) is 25.6 Å². The molecule has 5 nitrogen and oxygen atoms in total. The van der Waals surface area contributed by atoms with Crippen LogP contribution in [-0.4, -0.2) is 37.7 Å². The molecule has 0 bridgehead atoms. The van der Waals surface area contributed by atoms with Gasteiger partial charge in [-0.05, 0) is 52.9 Å². The van der Waals surface area contributed by atoms with Crippen molar-refractivity contribution < 1.29 is 19.1 Å². The molecule has 0 radical (unpaired) electrons. The van der Waals surface area contributed by atoms with Crippen molar-refractivity contribution in [1.82, 2.24) is 5.32 Å². The lowest BCUT2D eigenvalue weighted by Gasteiger charge is -2.23. The molecule has 1 atom stereocenters. The van der Waals surface area contributed by atoms with Crippen LogP contribution in [0.4, 0.5) is 4.79 Å². The second-order valence-corrected chi connectivity index (χ2v) is 6.68. The second-order valence-electron chi connectivity index (χ2n) is 6.68. The number of carbonyl (C=O) groups excluding carboxylic acids is 2. The Kier molecular flexibility index (Phi) is 7.05. The zero-order chi connectivity index (χ0) is 15.9. The van der Waals surface area contributed by atoms with E-state index in [0.717, 1.165) is 38.4 Å². The maximum absolute atomic E-state index is 12.2. The Bertz CT molecular complexity index is 348. The van der Waals surface area contributed by atoms with Gasteiger partial charge in [0, 0.05) is 0 Å². The average molecular weight is 297 g/mol. The summed E-state index contributed by atoms with van der Waals surface area (Å²) in [6, 6.07) is -0.611. The van der Waals surface area contributed by atoms with Crippen molar-refractivity contribution in [3.05, 3.63) is 0 Å². The van der Waals surface area contributed by atoms with Crippen LogP contribution < -0.4 is 5.32 Å². The van der Waals surface area contributed by atoms with Gasteiger partial charge in [0.2, 0.25) is 0 Å². The van der Waals surface area contributed by atoms with E-state index in [4.69, 9.17) is 9.47 Å². The molecule has 1 aliphatic carbocycles. The van der Waals surface area contributed by atoms with Crippen molar-refractivity contribution in [3.8, 4) is 0 Å². The summed E-state index contributed by atoms with van der Waals surface area (Å²) in [5, 5.41) is 2.65. The number of hydrogen-bond donors (Lipinski definition) is 1. The number of esters is 1. The second kappa shape index (κ2) is 8.30. The molecule has 0 heterocycles. The van der Waals surface area contributed by atoms with Crippen LogP contribution in [-0.2, 0) is 14.3 Å². The van der Waals surface area contributed by atoms with Crippen molar-refractivity contribution in [2.75, 3.05) is 0 Å². The van der Waals surface area contributed by atoms with Gasteiger partial charge in [-0.1, -0.05) is 12.7 Å². The van der Waals surface area contributed by atoms with Gasteiger partial charge >= 0.3 is 12.1 Å². The fourth-order valence-electron chi connectivity index (χ4n) is 2.36. The topological polar surface area (TPSA) is 64.6 Å². The van der Waals surface area contributed by atoms with Crippen LogP contribution in [0.25, 0.3) is 0 Å². The number of nitrogens with one attached hydrogen (secondary N) is 1. The van der Waals surface area contributed by atoms with Gasteiger partial charge in [0.25, 0.3) is 0 Å². The first-order valence-corrected chi connectivity index (χ1v) is 8.02. The van der Waals surface area contributed by atoms with Gasteiger partial charge in [0.15, 0.2) is 0 Å². The molecule has 0 unspecified atom stereocenters. The molecule has 1 N–H and O–H groups in total. The highest BCUT2D eigenvalue weighted by molar-refractivity contribution is 6.08. The molecule has 0 saturated heterocycles. The lowest BCUT2D eigenvalue weighted by atomic mass is 9.98. The molecular weight excluding hydrogens is 269 g/mol. The first kappa shape index (κ1) is 17.9. The van der Waals surface area contributed by atoms with Crippen molar-refractivity contribution in [1.29, 1.82) is 0 Å². The minimum Gasteiger partial charge on any atom is -0.461 e. The van der Waals surface area contributed by atoms with Crippen molar-refractivity contribution >= 4 is 19.9 Å². The summed E-state index contributed by atoms with van der Waals surface area (Å²) < 4.78 is 10.7. The van der Waals surface area contributed by atoms with Gasteiger partial charge in [-0.2, -0.15) is 0 Å². The highest BCUT2D eigenvalue weighted by Gasteiger charge is 2.28. The summed E-state index contributed by atoms with van der Waals surface area (Å²) in [4.78, 5) is 24.0. The third-order valence-electron chi connectivity index (χ3n) is 3.41. The largest absolute Gasteiger partial charge is 0.461 e. The SMILES string of the molecule is BCCC[C@H](NC(=O)OC(C)(C)C)C(=O)OC1CCCC1. The van der Waals surface area contributed by atoms with Gasteiger partial charge in [-0.3, -0.25) is 0 Å². The average Bonchev–Trinajstić information content (AvgIpc) is 2.84. The fraction of sp³-hybridized carbons (Fsp3) is 0.867. The van der Waals surface area contributed by atoms with E-state index in [0.29, 0.717) is 6.42 Å². The Labute approximate surface area is 128 Å². The quantitative estimate of drug-likeness (QED) is 0.603. The number of carbonyl (C=O) groups is 2.